The van der Waals surface area contributed by atoms with Crippen LogP contribution in [0.15, 0.2) is 0 Å². The summed E-state index contributed by atoms with van der Waals surface area (Å²) in [7, 11) is 0.721. The Morgan fingerprint density at radius 2 is 1.86 bits per heavy atom. The molecule has 0 bridgehead atoms. The van der Waals surface area contributed by atoms with Gasteiger partial charge in [-0.25, -0.2) is 8.42 Å². The molecule has 8 heteroatoms. The van der Waals surface area contributed by atoms with Gasteiger partial charge < -0.3 is 9.64 Å². The van der Waals surface area contributed by atoms with Gasteiger partial charge in [0.15, 0.2) is 0 Å². The van der Waals surface area contributed by atoms with E-state index in [1.165, 1.54) is 12.0 Å². The molecule has 2 atom stereocenters. The minimum Gasteiger partial charge on any atom is -0.469 e. The molecule has 2 unspecified atom stereocenters. The lowest BCUT2D eigenvalue weighted by molar-refractivity contribution is -0.145. The van der Waals surface area contributed by atoms with Crippen LogP contribution < -0.4 is 0 Å². The smallest absolute Gasteiger partial charge is 0.310 e. The summed E-state index contributed by atoms with van der Waals surface area (Å²) in [4.78, 5) is 24.9. The SMILES string of the molecule is CCN(CC(=O)N(C)C)S(=O)(=O)C1CCCC1C(=O)OC. The van der Waals surface area contributed by atoms with Crippen molar-refractivity contribution in [2.45, 2.75) is 31.4 Å². The monoisotopic (exact) mass is 320 g/mol. The second kappa shape index (κ2) is 7.22. The van der Waals surface area contributed by atoms with Crippen molar-refractivity contribution in [3.63, 3.8) is 0 Å². The van der Waals surface area contributed by atoms with Crippen LogP contribution in [0, 0.1) is 5.92 Å². The van der Waals surface area contributed by atoms with Crippen molar-refractivity contribution in [1.29, 1.82) is 0 Å². The van der Waals surface area contributed by atoms with E-state index in [1.54, 1.807) is 21.0 Å². The van der Waals surface area contributed by atoms with Gasteiger partial charge in [-0.2, -0.15) is 4.31 Å². The first-order valence-corrected chi connectivity index (χ1v) is 8.53. The van der Waals surface area contributed by atoms with Crippen molar-refractivity contribution in [2.75, 3.05) is 34.3 Å². The van der Waals surface area contributed by atoms with Crippen molar-refractivity contribution in [1.82, 2.24) is 9.21 Å². The van der Waals surface area contributed by atoms with Crippen molar-refractivity contribution in [3.8, 4) is 0 Å². The maximum atomic E-state index is 12.7. The number of ether oxygens (including phenoxy) is 1. The molecule has 0 aromatic rings. The Hall–Kier alpha value is -1.15. The molecule has 1 aliphatic rings. The molecule has 0 saturated heterocycles. The molecule has 1 saturated carbocycles. The fourth-order valence-corrected chi connectivity index (χ4v) is 4.73. The Balaban J connectivity index is 2.96. The number of sulfonamides is 1. The summed E-state index contributed by atoms with van der Waals surface area (Å²) in [5.41, 5.74) is 0. The number of esters is 1. The third-order valence-corrected chi connectivity index (χ3v) is 6.30. The lowest BCUT2D eigenvalue weighted by Crippen LogP contribution is -2.46. The number of methoxy groups -OCH3 is 1. The number of hydrogen-bond donors (Lipinski definition) is 0. The molecule has 0 aliphatic heterocycles. The first kappa shape index (κ1) is 17.9. The summed E-state index contributed by atoms with van der Waals surface area (Å²) in [6.07, 6.45) is 1.60. The van der Waals surface area contributed by atoms with Crippen LogP contribution in [-0.4, -0.2) is 69.0 Å². The molecule has 1 amide bonds. The van der Waals surface area contributed by atoms with E-state index >= 15 is 0 Å². The second-order valence-corrected chi connectivity index (χ2v) is 7.51. The van der Waals surface area contributed by atoms with Gasteiger partial charge in [0.1, 0.15) is 0 Å². The van der Waals surface area contributed by atoms with Crippen molar-refractivity contribution in [2.24, 2.45) is 5.92 Å². The van der Waals surface area contributed by atoms with Crippen LogP contribution in [-0.2, 0) is 24.3 Å². The van der Waals surface area contributed by atoms with E-state index in [0.717, 1.165) is 4.31 Å². The van der Waals surface area contributed by atoms with E-state index in [9.17, 15) is 18.0 Å². The van der Waals surface area contributed by atoms with Crippen LogP contribution in [0.5, 0.6) is 0 Å². The lowest BCUT2D eigenvalue weighted by atomic mass is 10.1. The number of nitrogens with zero attached hydrogens (tertiary/aromatic N) is 2. The first-order valence-electron chi connectivity index (χ1n) is 7.02. The van der Waals surface area contributed by atoms with Crippen molar-refractivity contribution >= 4 is 21.9 Å². The number of hydrogen-bond acceptors (Lipinski definition) is 5. The third kappa shape index (κ3) is 3.94. The van der Waals surface area contributed by atoms with Crippen LogP contribution in [0.3, 0.4) is 0 Å². The average molecular weight is 320 g/mol. The number of carbonyl (C=O) groups excluding carboxylic acids is 2. The fourth-order valence-electron chi connectivity index (χ4n) is 2.57. The zero-order chi connectivity index (χ0) is 16.2. The summed E-state index contributed by atoms with van der Waals surface area (Å²) < 4.78 is 31.2. The molecule has 1 fully saturated rings. The summed E-state index contributed by atoms with van der Waals surface area (Å²) in [6.45, 7) is 1.69. The van der Waals surface area contributed by atoms with Crippen LogP contribution >= 0.6 is 0 Å². The zero-order valence-electron chi connectivity index (χ0n) is 13.0. The topological polar surface area (TPSA) is 84.0 Å². The number of carbonyl (C=O) groups is 2. The van der Waals surface area contributed by atoms with Gasteiger partial charge in [-0.3, -0.25) is 9.59 Å². The highest BCUT2D eigenvalue weighted by Gasteiger charge is 2.44. The van der Waals surface area contributed by atoms with Gasteiger partial charge >= 0.3 is 5.97 Å². The second-order valence-electron chi connectivity index (χ2n) is 5.36. The Morgan fingerprint density at radius 3 is 2.33 bits per heavy atom. The Labute approximate surface area is 126 Å². The Morgan fingerprint density at radius 1 is 1.24 bits per heavy atom. The van der Waals surface area contributed by atoms with Gasteiger partial charge in [-0.1, -0.05) is 13.3 Å². The van der Waals surface area contributed by atoms with Crippen LogP contribution in [0.2, 0.25) is 0 Å². The molecule has 0 N–H and O–H groups in total. The van der Waals surface area contributed by atoms with E-state index < -0.39 is 27.2 Å². The standard InChI is InChI=1S/C13H24N2O5S/c1-5-15(9-12(16)14(2)3)21(18,19)11-8-6-7-10(11)13(17)20-4/h10-11H,5-9H2,1-4H3. The van der Waals surface area contributed by atoms with Crippen LogP contribution in [0.1, 0.15) is 26.2 Å². The van der Waals surface area contributed by atoms with Crippen molar-refractivity contribution < 1.29 is 22.7 Å². The van der Waals surface area contributed by atoms with Gasteiger partial charge in [0.25, 0.3) is 0 Å². The first-order chi connectivity index (χ1) is 9.75. The maximum absolute atomic E-state index is 12.7. The molecule has 21 heavy (non-hydrogen) atoms. The molecule has 0 heterocycles. The predicted octanol–water partition coefficient (Wildman–Crippen LogP) is 0.0680. The average Bonchev–Trinajstić information content (AvgIpc) is 2.93. The summed E-state index contributed by atoms with van der Waals surface area (Å²) in [6, 6.07) is 0. The molecule has 7 nitrogen and oxygen atoms in total. The van der Waals surface area contributed by atoms with Crippen LogP contribution in [0.25, 0.3) is 0 Å². The number of likely N-dealkylation sites (N-methyl/N-ethyl adjacent to an activating group) is 2. The highest BCUT2D eigenvalue weighted by Crippen LogP contribution is 2.33. The minimum atomic E-state index is -3.70. The quantitative estimate of drug-likeness (QED) is 0.647. The highest BCUT2D eigenvalue weighted by atomic mass is 32.2. The number of rotatable bonds is 6. The van der Waals surface area contributed by atoms with E-state index in [0.29, 0.717) is 19.3 Å². The van der Waals surface area contributed by atoms with Gasteiger partial charge in [0.05, 0.1) is 24.8 Å². The molecule has 122 valence electrons. The zero-order valence-corrected chi connectivity index (χ0v) is 13.9. The molecule has 1 aliphatic carbocycles. The van der Waals surface area contributed by atoms with Crippen molar-refractivity contribution in [3.05, 3.63) is 0 Å². The molecule has 0 radical (unpaired) electrons. The van der Waals surface area contributed by atoms with E-state index in [4.69, 9.17) is 4.74 Å². The van der Waals surface area contributed by atoms with Gasteiger partial charge in [-0.05, 0) is 12.8 Å². The normalized spacial score (nSPS) is 22.3. The highest BCUT2D eigenvalue weighted by molar-refractivity contribution is 7.89. The maximum Gasteiger partial charge on any atom is 0.310 e. The minimum absolute atomic E-state index is 0.198. The number of amides is 1. The molecular formula is C13H24N2O5S. The molecule has 1 rings (SSSR count). The van der Waals surface area contributed by atoms with Gasteiger partial charge in [0.2, 0.25) is 15.9 Å². The van der Waals surface area contributed by atoms with Gasteiger partial charge in [-0.15, -0.1) is 0 Å². The Bertz CT molecular complexity index is 489. The molecular weight excluding hydrogens is 296 g/mol. The fraction of sp³-hybridized carbons (Fsp3) is 0.846. The van der Waals surface area contributed by atoms with E-state index in [-0.39, 0.29) is 19.0 Å². The molecule has 0 spiro atoms. The molecule has 0 aromatic carbocycles. The van der Waals surface area contributed by atoms with Crippen LogP contribution in [0.4, 0.5) is 0 Å². The van der Waals surface area contributed by atoms with E-state index in [2.05, 4.69) is 0 Å². The summed E-state index contributed by atoms with van der Waals surface area (Å²) in [5, 5.41) is -0.792. The predicted molar refractivity (Wildman–Crippen MR) is 78.0 cm³/mol. The van der Waals surface area contributed by atoms with E-state index in [1.807, 2.05) is 0 Å². The Kier molecular flexibility index (Phi) is 6.15. The summed E-state index contributed by atoms with van der Waals surface area (Å²) in [5.74, 6) is -1.41. The molecule has 0 aromatic heterocycles. The van der Waals surface area contributed by atoms with Gasteiger partial charge in [0, 0.05) is 20.6 Å². The lowest BCUT2D eigenvalue weighted by Gasteiger charge is -2.27. The third-order valence-electron chi connectivity index (χ3n) is 3.86. The summed E-state index contributed by atoms with van der Waals surface area (Å²) >= 11 is 0. The largest absolute Gasteiger partial charge is 0.469 e.